The second-order valence-corrected chi connectivity index (χ2v) is 7.34. The van der Waals surface area contributed by atoms with Gasteiger partial charge >= 0.3 is 7.60 Å². The molecule has 0 heterocycles. The third-order valence-electron chi connectivity index (χ3n) is 2.19. The van der Waals surface area contributed by atoms with Crippen LogP contribution in [0.3, 0.4) is 0 Å². The lowest BCUT2D eigenvalue weighted by Crippen LogP contribution is -2.05. The Morgan fingerprint density at radius 1 is 1.06 bits per heavy atom. The normalized spacial score (nSPS) is 13.1. The van der Waals surface area contributed by atoms with E-state index in [1.54, 1.807) is 5.82 Å². The Balaban J connectivity index is 4.38. The van der Waals surface area contributed by atoms with Crippen LogP contribution in [-0.2, 0) is 13.6 Å². The van der Waals surface area contributed by atoms with E-state index in [0.29, 0.717) is 25.0 Å². The summed E-state index contributed by atoms with van der Waals surface area (Å²) in [5.74, 6) is 2.34. The van der Waals surface area contributed by atoms with Crippen molar-refractivity contribution in [2.45, 2.75) is 53.9 Å². The average molecular weight is 276 g/mol. The number of hydrogen-bond acceptors (Lipinski definition) is 3. The summed E-state index contributed by atoms with van der Waals surface area (Å²) in [4.78, 5) is 0. The molecule has 0 bridgehead atoms. The number of allylic oxidation sites excluding steroid dienone is 1. The van der Waals surface area contributed by atoms with Crippen LogP contribution in [0.5, 0.6) is 0 Å². The van der Waals surface area contributed by atoms with Crippen LogP contribution < -0.4 is 0 Å². The summed E-state index contributed by atoms with van der Waals surface area (Å²) in [5.41, 5.74) is 0. The molecule has 4 heteroatoms. The van der Waals surface area contributed by atoms with Gasteiger partial charge in [-0.1, -0.05) is 53.5 Å². The van der Waals surface area contributed by atoms with Crippen LogP contribution in [0.15, 0.2) is 11.9 Å². The Morgan fingerprint density at radius 3 is 1.94 bits per heavy atom. The minimum atomic E-state index is -3.05. The molecule has 0 aliphatic carbocycles. The molecule has 0 spiro atoms. The van der Waals surface area contributed by atoms with E-state index >= 15 is 0 Å². The van der Waals surface area contributed by atoms with E-state index < -0.39 is 7.60 Å². The molecule has 0 aliphatic heterocycles. The topological polar surface area (TPSA) is 35.5 Å². The van der Waals surface area contributed by atoms with Crippen LogP contribution in [0.25, 0.3) is 0 Å². The molecule has 3 nitrogen and oxygen atoms in total. The second-order valence-electron chi connectivity index (χ2n) is 5.45. The molecule has 0 aliphatic rings. The van der Waals surface area contributed by atoms with Gasteiger partial charge in [-0.2, -0.15) is 0 Å². The summed E-state index contributed by atoms with van der Waals surface area (Å²) >= 11 is 0. The lowest BCUT2D eigenvalue weighted by Gasteiger charge is -2.17. The number of hydrogen-bond donors (Lipinski definition) is 0. The van der Waals surface area contributed by atoms with Gasteiger partial charge in [0.2, 0.25) is 0 Å². The first-order valence-corrected chi connectivity index (χ1v) is 8.57. The fourth-order valence-corrected chi connectivity index (χ4v) is 2.82. The average Bonchev–Trinajstić information content (AvgIpc) is 2.30. The van der Waals surface area contributed by atoms with Crippen LogP contribution in [0, 0.1) is 11.8 Å². The second kappa shape index (κ2) is 9.77. The Bertz CT molecular complexity index is 256. The van der Waals surface area contributed by atoms with Crippen LogP contribution in [0.2, 0.25) is 0 Å². The first-order valence-electron chi connectivity index (χ1n) is 6.96. The van der Waals surface area contributed by atoms with Crippen molar-refractivity contribution in [1.82, 2.24) is 0 Å². The van der Waals surface area contributed by atoms with Gasteiger partial charge in [0, 0.05) is 5.82 Å². The van der Waals surface area contributed by atoms with E-state index in [2.05, 4.69) is 6.92 Å². The molecule has 0 aromatic carbocycles. The molecule has 0 saturated heterocycles. The molecular weight excluding hydrogens is 247 g/mol. The van der Waals surface area contributed by atoms with E-state index in [4.69, 9.17) is 9.05 Å². The van der Waals surface area contributed by atoms with Crippen molar-refractivity contribution in [3.63, 3.8) is 0 Å². The number of rotatable bonds is 10. The van der Waals surface area contributed by atoms with E-state index in [1.807, 2.05) is 33.8 Å². The largest absolute Gasteiger partial charge is 0.353 e. The maximum absolute atomic E-state index is 12.5. The number of unbranched alkanes of at least 4 members (excludes halogenated alkanes) is 2. The molecule has 0 atom stereocenters. The summed E-state index contributed by atoms with van der Waals surface area (Å²) in [7, 11) is -3.05. The van der Waals surface area contributed by atoms with Gasteiger partial charge in [-0.3, -0.25) is 4.57 Å². The van der Waals surface area contributed by atoms with E-state index in [9.17, 15) is 4.57 Å². The van der Waals surface area contributed by atoms with Gasteiger partial charge in [0.15, 0.2) is 0 Å². The first-order chi connectivity index (χ1) is 8.39. The quantitative estimate of drug-likeness (QED) is 0.405. The molecule has 0 radical (unpaired) electrons. The highest BCUT2D eigenvalue weighted by Gasteiger charge is 2.21. The van der Waals surface area contributed by atoms with E-state index in [1.165, 1.54) is 0 Å². The van der Waals surface area contributed by atoms with Crippen LogP contribution >= 0.6 is 7.60 Å². The van der Waals surface area contributed by atoms with Crippen molar-refractivity contribution in [1.29, 1.82) is 0 Å². The van der Waals surface area contributed by atoms with Gasteiger partial charge in [-0.25, -0.2) is 0 Å². The molecule has 0 amide bonds. The monoisotopic (exact) mass is 276 g/mol. The molecule has 0 aromatic heterocycles. The Labute approximate surface area is 112 Å². The predicted molar refractivity (Wildman–Crippen MR) is 77.9 cm³/mol. The zero-order chi connectivity index (χ0) is 14.0. The van der Waals surface area contributed by atoms with Gasteiger partial charge in [-0.05, 0) is 18.3 Å². The Kier molecular flexibility index (Phi) is 9.71. The summed E-state index contributed by atoms with van der Waals surface area (Å²) < 4.78 is 23.4. The van der Waals surface area contributed by atoms with Crippen LogP contribution in [0.1, 0.15) is 53.9 Å². The molecular formula is C14H29O3P. The minimum absolute atomic E-state index is 0.352. The van der Waals surface area contributed by atoms with Crippen molar-refractivity contribution in [2.75, 3.05) is 13.2 Å². The lowest BCUT2D eigenvalue weighted by molar-refractivity contribution is 0.180. The maximum Gasteiger partial charge on any atom is 0.353 e. The highest BCUT2D eigenvalue weighted by atomic mass is 31.2. The van der Waals surface area contributed by atoms with E-state index in [0.717, 1.165) is 19.3 Å². The van der Waals surface area contributed by atoms with Crippen LogP contribution in [0.4, 0.5) is 0 Å². The molecule has 108 valence electrons. The van der Waals surface area contributed by atoms with Gasteiger partial charge in [-0.15, -0.1) is 0 Å². The zero-order valence-electron chi connectivity index (χ0n) is 12.5. The van der Waals surface area contributed by atoms with Crippen molar-refractivity contribution >= 4 is 7.60 Å². The predicted octanol–water partition coefficient (Wildman–Crippen LogP) is 5.23. The van der Waals surface area contributed by atoms with Crippen molar-refractivity contribution in [3.05, 3.63) is 11.9 Å². The smallest absolute Gasteiger partial charge is 0.305 e. The summed E-state index contributed by atoms with van der Waals surface area (Å²) in [5, 5.41) is 0. The fourth-order valence-electron chi connectivity index (χ4n) is 1.15. The highest BCUT2D eigenvalue weighted by Crippen LogP contribution is 2.50. The Morgan fingerprint density at radius 2 is 1.56 bits per heavy atom. The van der Waals surface area contributed by atoms with Gasteiger partial charge in [0.25, 0.3) is 0 Å². The summed E-state index contributed by atoms with van der Waals surface area (Å²) in [6, 6.07) is 0. The standard InChI is InChI=1S/C14H29O3P/c1-6-7-8-9-10-18(15,16-11-13(2)3)17-12-14(4)5/h9-10,13-14H,6-8,11-12H2,1-5H3/b10-9+. The van der Waals surface area contributed by atoms with Gasteiger partial charge in [0.05, 0.1) is 13.2 Å². The van der Waals surface area contributed by atoms with Crippen molar-refractivity contribution in [2.24, 2.45) is 11.8 Å². The first kappa shape index (κ1) is 17.9. The Hall–Kier alpha value is -0.110. The molecule has 0 unspecified atom stereocenters. The third kappa shape index (κ3) is 9.87. The van der Waals surface area contributed by atoms with Gasteiger partial charge in [0.1, 0.15) is 0 Å². The van der Waals surface area contributed by atoms with Crippen molar-refractivity contribution in [3.8, 4) is 0 Å². The molecule has 0 saturated carbocycles. The maximum atomic E-state index is 12.5. The highest BCUT2D eigenvalue weighted by molar-refractivity contribution is 7.57. The molecule has 0 rings (SSSR count). The molecule has 0 aromatic rings. The molecule has 0 N–H and O–H groups in total. The summed E-state index contributed by atoms with van der Waals surface area (Å²) in [6.07, 6.45) is 5.08. The SMILES string of the molecule is CCCC/C=C/P(=O)(OCC(C)C)OCC(C)C. The molecule has 0 fully saturated rings. The molecule has 18 heavy (non-hydrogen) atoms. The summed E-state index contributed by atoms with van der Waals surface area (Å²) in [6.45, 7) is 11.2. The van der Waals surface area contributed by atoms with Crippen molar-refractivity contribution < 1.29 is 13.6 Å². The third-order valence-corrected chi connectivity index (χ3v) is 3.78. The minimum Gasteiger partial charge on any atom is -0.305 e. The fraction of sp³-hybridized carbons (Fsp3) is 0.857. The lowest BCUT2D eigenvalue weighted by atomic mass is 10.2. The van der Waals surface area contributed by atoms with Gasteiger partial charge < -0.3 is 9.05 Å². The van der Waals surface area contributed by atoms with E-state index in [-0.39, 0.29) is 0 Å². The zero-order valence-corrected chi connectivity index (χ0v) is 13.4. The van der Waals surface area contributed by atoms with Crippen LogP contribution in [-0.4, -0.2) is 13.2 Å².